The van der Waals surface area contributed by atoms with E-state index >= 15 is 0 Å². The average Bonchev–Trinajstić information content (AvgIpc) is 2.95. The van der Waals surface area contributed by atoms with Gasteiger partial charge in [-0.3, -0.25) is 15.1 Å². The Kier molecular flexibility index (Phi) is 15.6. The molecule has 1 aromatic carbocycles. The molecule has 14 nitrogen and oxygen atoms in total. The van der Waals surface area contributed by atoms with E-state index < -0.39 is 12.0 Å². The number of nitrogen functional groups attached to an aromatic ring is 2. The number of rotatable bonds is 18. The number of halogens is 1. The third-order valence-electron chi connectivity index (χ3n) is 5.29. The van der Waals surface area contributed by atoms with Gasteiger partial charge >= 0.3 is 6.09 Å². The molecule has 1 aromatic heterocycles. The van der Waals surface area contributed by atoms with Crippen molar-refractivity contribution in [2.45, 2.75) is 32.6 Å². The summed E-state index contributed by atoms with van der Waals surface area (Å²) < 4.78 is 21.5. The minimum atomic E-state index is -0.673. The first kappa shape index (κ1) is 33.3. The van der Waals surface area contributed by atoms with Gasteiger partial charge in [0.2, 0.25) is 0 Å². The minimum Gasteiger partial charge on any atom is -0.491 e. The van der Waals surface area contributed by atoms with E-state index in [0.29, 0.717) is 46.1 Å². The zero-order valence-corrected chi connectivity index (χ0v) is 24.0. The molecule has 0 fully saturated rings. The fourth-order valence-electron chi connectivity index (χ4n) is 3.23. The Hall–Kier alpha value is -3.88. The van der Waals surface area contributed by atoms with Crippen LogP contribution < -0.4 is 32.6 Å². The van der Waals surface area contributed by atoms with Crippen LogP contribution in [0.3, 0.4) is 0 Å². The highest BCUT2D eigenvalue weighted by Crippen LogP contribution is 2.17. The summed E-state index contributed by atoms with van der Waals surface area (Å²) in [6.07, 6.45) is 2.93. The number of carbonyl (C=O) groups excluding carboxylic acids is 2. The Morgan fingerprint density at radius 2 is 1.63 bits per heavy atom. The number of hydrogen-bond donors (Lipinski definition) is 5. The Morgan fingerprint density at radius 3 is 2.34 bits per heavy atom. The number of nitrogens with zero attached hydrogens (tertiary/aromatic N) is 3. The number of nitrogens with one attached hydrogen (secondary N) is 2. The third-order valence-corrected chi connectivity index (χ3v) is 5.57. The Bertz CT molecular complexity index is 1120. The summed E-state index contributed by atoms with van der Waals surface area (Å²) in [5, 5.41) is 4.90. The number of carbonyl (C=O) groups is 2. The van der Waals surface area contributed by atoms with Gasteiger partial charge in [-0.05, 0) is 43.4 Å². The van der Waals surface area contributed by atoms with Gasteiger partial charge in [0.15, 0.2) is 28.4 Å². The summed E-state index contributed by atoms with van der Waals surface area (Å²) in [5.74, 6) is -0.193. The van der Waals surface area contributed by atoms with E-state index in [2.05, 4.69) is 25.6 Å². The third kappa shape index (κ3) is 13.8. The normalized spacial score (nSPS) is 11.2. The van der Waals surface area contributed by atoms with Crippen molar-refractivity contribution >= 4 is 41.2 Å². The molecule has 0 atom stereocenters. The summed E-state index contributed by atoms with van der Waals surface area (Å²) in [7, 11) is 0. The van der Waals surface area contributed by atoms with E-state index in [1.165, 1.54) is 0 Å². The van der Waals surface area contributed by atoms with Gasteiger partial charge in [-0.1, -0.05) is 30.7 Å². The van der Waals surface area contributed by atoms with Gasteiger partial charge in [0.1, 0.15) is 19.0 Å². The molecule has 0 radical (unpaired) electrons. The number of hydrogen-bond acceptors (Lipinski definition) is 11. The summed E-state index contributed by atoms with van der Waals surface area (Å²) in [6.45, 7) is 5.19. The van der Waals surface area contributed by atoms with Gasteiger partial charge in [0, 0.05) is 13.1 Å². The molecule has 0 unspecified atom stereocenters. The molecule has 0 spiro atoms. The number of nitrogens with two attached hydrogens (primary N) is 3. The van der Waals surface area contributed by atoms with Crippen LogP contribution in [0, 0.1) is 0 Å². The second-order valence-corrected chi connectivity index (χ2v) is 8.95. The molecule has 2 aromatic rings. The summed E-state index contributed by atoms with van der Waals surface area (Å²) in [5.41, 5.74) is 17.9. The van der Waals surface area contributed by atoms with Crippen LogP contribution in [-0.4, -0.2) is 80.7 Å². The lowest BCUT2D eigenvalue weighted by Crippen LogP contribution is -2.38. The number of amides is 2. The largest absolute Gasteiger partial charge is 0.491 e. The molecule has 0 aliphatic rings. The summed E-state index contributed by atoms with van der Waals surface area (Å²) in [6, 6.07) is 7.85. The van der Waals surface area contributed by atoms with Gasteiger partial charge in [0.05, 0.1) is 26.4 Å². The van der Waals surface area contributed by atoms with Crippen molar-refractivity contribution < 1.29 is 28.5 Å². The molecule has 2 rings (SSSR count). The van der Waals surface area contributed by atoms with E-state index in [1.807, 2.05) is 31.2 Å². The molecule has 0 saturated heterocycles. The quantitative estimate of drug-likeness (QED) is 0.0955. The summed E-state index contributed by atoms with van der Waals surface area (Å²) in [4.78, 5) is 35.2. The number of aliphatic imine (C=N–C) groups is 1. The monoisotopic (exact) mass is 594 g/mol. The molecule has 0 aliphatic heterocycles. The van der Waals surface area contributed by atoms with Gasteiger partial charge in [-0.25, -0.2) is 14.8 Å². The molecule has 8 N–H and O–H groups in total. The van der Waals surface area contributed by atoms with Crippen molar-refractivity contribution in [3.8, 4) is 5.75 Å². The number of aromatic nitrogens is 2. The van der Waals surface area contributed by atoms with E-state index in [9.17, 15) is 9.59 Å². The van der Waals surface area contributed by atoms with E-state index in [0.717, 1.165) is 37.0 Å². The van der Waals surface area contributed by atoms with Gasteiger partial charge in [-0.15, -0.1) is 0 Å². The van der Waals surface area contributed by atoms with Crippen LogP contribution in [-0.2, 0) is 20.6 Å². The topological polar surface area (TPSA) is 211 Å². The fraction of sp³-hybridized carbons (Fsp3) is 0.500. The number of ether oxygens (including phenoxy) is 4. The highest BCUT2D eigenvalue weighted by atomic mass is 35.5. The highest BCUT2D eigenvalue weighted by molar-refractivity contribution is 6.31. The SMILES string of the molecule is CCCNC(=O)OCCOCCOCCOc1ccc(CCCCN=C(N)NC(=O)c2nc(Cl)c(N)nc2N)cc1. The van der Waals surface area contributed by atoms with Gasteiger partial charge in [-0.2, -0.15) is 0 Å². The van der Waals surface area contributed by atoms with Crippen LogP contribution in [0.25, 0.3) is 0 Å². The lowest BCUT2D eigenvalue weighted by molar-refractivity contribution is 0.0209. The number of aryl methyl sites for hydroxylation is 1. The highest BCUT2D eigenvalue weighted by Gasteiger charge is 2.16. The van der Waals surface area contributed by atoms with Crippen molar-refractivity contribution in [3.63, 3.8) is 0 Å². The predicted molar refractivity (Wildman–Crippen MR) is 156 cm³/mol. The molecule has 41 heavy (non-hydrogen) atoms. The molecule has 0 aliphatic carbocycles. The molecular formula is C26H39ClN8O6. The molecule has 2 amide bonds. The molecule has 15 heteroatoms. The van der Waals surface area contributed by atoms with Crippen LogP contribution in [0.2, 0.25) is 5.15 Å². The van der Waals surface area contributed by atoms with Crippen molar-refractivity contribution in [2.75, 3.05) is 64.2 Å². The molecular weight excluding hydrogens is 556 g/mol. The Balaban J connectivity index is 1.51. The lowest BCUT2D eigenvalue weighted by Gasteiger charge is -2.09. The van der Waals surface area contributed by atoms with Crippen LogP contribution in [0.1, 0.15) is 42.2 Å². The maximum Gasteiger partial charge on any atom is 0.407 e. The number of anilines is 2. The molecule has 1 heterocycles. The first-order valence-electron chi connectivity index (χ1n) is 13.3. The average molecular weight is 595 g/mol. The van der Waals surface area contributed by atoms with E-state index in [1.54, 1.807) is 0 Å². The van der Waals surface area contributed by atoms with E-state index in [4.69, 9.17) is 47.7 Å². The van der Waals surface area contributed by atoms with E-state index in [-0.39, 0.29) is 35.0 Å². The smallest absolute Gasteiger partial charge is 0.407 e. The summed E-state index contributed by atoms with van der Waals surface area (Å²) >= 11 is 5.79. The van der Waals surface area contributed by atoms with Crippen molar-refractivity contribution in [3.05, 3.63) is 40.7 Å². The first-order chi connectivity index (χ1) is 19.8. The molecule has 0 bridgehead atoms. The fourth-order valence-corrected chi connectivity index (χ4v) is 3.36. The Labute approximate surface area is 244 Å². The number of guanidine groups is 1. The van der Waals surface area contributed by atoms with Crippen LogP contribution in [0.4, 0.5) is 16.4 Å². The lowest BCUT2D eigenvalue weighted by atomic mass is 10.1. The number of alkyl carbamates (subject to hydrolysis) is 1. The maximum atomic E-state index is 12.2. The zero-order chi connectivity index (χ0) is 29.9. The van der Waals surface area contributed by atoms with Gasteiger partial charge < -0.3 is 41.5 Å². The standard InChI is InChI=1S/C26H39ClN8O6/c1-2-10-32-26(37)41-17-15-39-13-12-38-14-16-40-19-8-6-18(7-9-19)5-3-4-11-31-25(30)35-24(36)20-22(28)34-23(29)21(27)33-20/h6-9H,2-5,10-17H2,1H3,(H,32,37)(H4,28,29,34)(H3,30,31,35,36). The number of benzene rings is 1. The maximum absolute atomic E-state index is 12.2. The van der Waals surface area contributed by atoms with Gasteiger partial charge in [0.25, 0.3) is 5.91 Å². The second-order valence-electron chi connectivity index (χ2n) is 8.59. The van der Waals surface area contributed by atoms with Crippen LogP contribution in [0.15, 0.2) is 29.3 Å². The van der Waals surface area contributed by atoms with Crippen molar-refractivity contribution in [2.24, 2.45) is 10.7 Å². The minimum absolute atomic E-state index is 0.0552. The van der Waals surface area contributed by atoms with Crippen LogP contribution >= 0.6 is 11.6 Å². The predicted octanol–water partition coefficient (Wildman–Crippen LogP) is 1.91. The zero-order valence-electron chi connectivity index (χ0n) is 23.2. The van der Waals surface area contributed by atoms with Crippen molar-refractivity contribution in [1.29, 1.82) is 0 Å². The first-order valence-corrected chi connectivity index (χ1v) is 13.7. The van der Waals surface area contributed by atoms with Crippen LogP contribution in [0.5, 0.6) is 5.75 Å². The second kappa shape index (κ2) is 19.2. The Morgan fingerprint density at radius 1 is 0.951 bits per heavy atom. The van der Waals surface area contributed by atoms with Crippen molar-refractivity contribution in [1.82, 2.24) is 20.6 Å². The number of unbranched alkanes of at least 4 members (excludes halogenated alkanes) is 1. The molecule has 0 saturated carbocycles. The molecule has 226 valence electrons.